The Balaban J connectivity index is 1.49. The molecule has 2 fully saturated rings. The minimum Gasteiger partial charge on any atom is -0.406 e. The number of guanidine groups is 1. The first-order chi connectivity index (χ1) is 11.8. The Morgan fingerprint density at radius 2 is 2.04 bits per heavy atom. The van der Waals surface area contributed by atoms with Crippen LogP contribution in [0.5, 0.6) is 5.75 Å². The SMILES string of the molecule is NC(=NCC1CCOC2(CCC2)C1)Nc1ccc(OC(F)(F)F)cc1. The lowest BCUT2D eigenvalue weighted by molar-refractivity contribution is -0.274. The summed E-state index contributed by atoms with van der Waals surface area (Å²) in [6.07, 6.45) is 0.792. The number of benzene rings is 1. The van der Waals surface area contributed by atoms with Crippen molar-refractivity contribution in [2.24, 2.45) is 16.6 Å². The molecule has 25 heavy (non-hydrogen) atoms. The van der Waals surface area contributed by atoms with E-state index in [4.69, 9.17) is 10.5 Å². The van der Waals surface area contributed by atoms with E-state index in [2.05, 4.69) is 15.0 Å². The highest BCUT2D eigenvalue weighted by Gasteiger charge is 2.42. The average molecular weight is 357 g/mol. The molecular formula is C17H22F3N3O2. The van der Waals surface area contributed by atoms with Gasteiger partial charge in [0.15, 0.2) is 5.96 Å². The van der Waals surface area contributed by atoms with Crippen LogP contribution < -0.4 is 15.8 Å². The van der Waals surface area contributed by atoms with E-state index < -0.39 is 6.36 Å². The van der Waals surface area contributed by atoms with Crippen molar-refractivity contribution in [3.05, 3.63) is 24.3 Å². The van der Waals surface area contributed by atoms with Crippen LogP contribution in [0.4, 0.5) is 18.9 Å². The normalized spacial score (nSPS) is 23.2. The third-order valence-corrected chi connectivity index (χ3v) is 4.74. The Bertz CT molecular complexity index is 613. The number of hydrogen-bond acceptors (Lipinski definition) is 3. The summed E-state index contributed by atoms with van der Waals surface area (Å²) in [4.78, 5) is 4.37. The van der Waals surface area contributed by atoms with E-state index in [-0.39, 0.29) is 17.3 Å². The first-order valence-electron chi connectivity index (χ1n) is 8.40. The van der Waals surface area contributed by atoms with Crippen molar-refractivity contribution in [3.8, 4) is 5.75 Å². The van der Waals surface area contributed by atoms with Gasteiger partial charge < -0.3 is 20.5 Å². The first kappa shape index (κ1) is 17.8. The molecule has 5 nitrogen and oxygen atoms in total. The molecule has 1 saturated carbocycles. The quantitative estimate of drug-likeness (QED) is 0.637. The van der Waals surface area contributed by atoms with Gasteiger partial charge in [0.25, 0.3) is 0 Å². The van der Waals surface area contributed by atoms with Crippen molar-refractivity contribution in [1.29, 1.82) is 0 Å². The minimum atomic E-state index is -4.70. The van der Waals surface area contributed by atoms with Crippen molar-refractivity contribution in [2.45, 2.75) is 44.1 Å². The molecule has 1 heterocycles. The van der Waals surface area contributed by atoms with Crippen molar-refractivity contribution in [2.75, 3.05) is 18.5 Å². The van der Waals surface area contributed by atoms with E-state index in [1.165, 1.54) is 30.7 Å². The summed E-state index contributed by atoms with van der Waals surface area (Å²) >= 11 is 0. The molecule has 1 aromatic carbocycles. The molecular weight excluding hydrogens is 335 g/mol. The molecule has 1 saturated heterocycles. The maximum Gasteiger partial charge on any atom is 0.573 e. The van der Waals surface area contributed by atoms with E-state index >= 15 is 0 Å². The van der Waals surface area contributed by atoms with Crippen LogP contribution in [-0.2, 0) is 4.74 Å². The number of halogens is 3. The molecule has 138 valence electrons. The van der Waals surface area contributed by atoms with Crippen LogP contribution in [0.3, 0.4) is 0 Å². The maximum absolute atomic E-state index is 12.1. The van der Waals surface area contributed by atoms with Crippen LogP contribution in [-0.4, -0.2) is 31.1 Å². The van der Waals surface area contributed by atoms with E-state index in [1.54, 1.807) is 0 Å². The van der Waals surface area contributed by atoms with E-state index in [9.17, 15) is 13.2 Å². The van der Waals surface area contributed by atoms with Gasteiger partial charge in [0, 0.05) is 18.8 Å². The van der Waals surface area contributed by atoms with Gasteiger partial charge in [-0.05, 0) is 62.3 Å². The molecule has 1 atom stereocenters. The Labute approximate surface area is 144 Å². The van der Waals surface area contributed by atoms with Gasteiger partial charge in [-0.2, -0.15) is 0 Å². The van der Waals surface area contributed by atoms with Crippen LogP contribution in [0.2, 0.25) is 0 Å². The molecule has 1 aliphatic heterocycles. The lowest BCUT2D eigenvalue weighted by atomic mass is 9.72. The van der Waals surface area contributed by atoms with Crippen molar-refractivity contribution in [1.82, 2.24) is 0 Å². The van der Waals surface area contributed by atoms with Gasteiger partial charge in [0.05, 0.1) is 5.60 Å². The second-order valence-corrected chi connectivity index (χ2v) is 6.67. The predicted octanol–water partition coefficient (Wildman–Crippen LogP) is 3.66. The topological polar surface area (TPSA) is 68.9 Å². The Kier molecular flexibility index (Phi) is 5.08. The summed E-state index contributed by atoms with van der Waals surface area (Å²) in [5.74, 6) is 0.428. The highest BCUT2D eigenvalue weighted by atomic mass is 19.4. The highest BCUT2D eigenvalue weighted by Crippen LogP contribution is 2.44. The predicted molar refractivity (Wildman–Crippen MR) is 88.5 cm³/mol. The molecule has 3 rings (SSSR count). The Morgan fingerprint density at radius 3 is 2.64 bits per heavy atom. The molecule has 1 aromatic rings. The van der Waals surface area contributed by atoms with Crippen molar-refractivity contribution in [3.63, 3.8) is 0 Å². The minimum absolute atomic E-state index is 0.0783. The van der Waals surface area contributed by atoms with Crippen LogP contribution in [0.25, 0.3) is 0 Å². The van der Waals surface area contributed by atoms with Gasteiger partial charge in [0.1, 0.15) is 5.75 Å². The van der Waals surface area contributed by atoms with Crippen LogP contribution in [0.15, 0.2) is 29.3 Å². The fourth-order valence-corrected chi connectivity index (χ4v) is 3.36. The van der Waals surface area contributed by atoms with Crippen molar-refractivity contribution < 1.29 is 22.6 Å². The van der Waals surface area contributed by atoms with Gasteiger partial charge in [-0.3, -0.25) is 4.99 Å². The van der Waals surface area contributed by atoms with E-state index in [0.29, 0.717) is 18.2 Å². The molecule has 0 bridgehead atoms. The number of anilines is 1. The molecule has 1 spiro atoms. The van der Waals surface area contributed by atoms with Crippen LogP contribution in [0, 0.1) is 5.92 Å². The number of ether oxygens (including phenoxy) is 2. The number of alkyl halides is 3. The lowest BCUT2D eigenvalue weighted by Crippen LogP contribution is -2.46. The van der Waals surface area contributed by atoms with Gasteiger partial charge in [-0.1, -0.05) is 0 Å². The summed E-state index contributed by atoms with van der Waals surface area (Å²) in [7, 11) is 0. The average Bonchev–Trinajstić information content (AvgIpc) is 2.52. The van der Waals surface area contributed by atoms with Gasteiger partial charge in [0.2, 0.25) is 0 Å². The second-order valence-electron chi connectivity index (χ2n) is 6.67. The van der Waals surface area contributed by atoms with Crippen LogP contribution in [0.1, 0.15) is 32.1 Å². The smallest absolute Gasteiger partial charge is 0.406 e. The Morgan fingerprint density at radius 1 is 1.32 bits per heavy atom. The third kappa shape index (κ3) is 5.01. The number of aliphatic imine (C=N–C) groups is 1. The zero-order valence-electron chi connectivity index (χ0n) is 13.8. The number of nitrogens with two attached hydrogens (primary N) is 1. The Hall–Kier alpha value is -1.96. The van der Waals surface area contributed by atoms with Gasteiger partial charge in [-0.15, -0.1) is 13.2 Å². The van der Waals surface area contributed by atoms with Crippen molar-refractivity contribution >= 4 is 11.6 Å². The van der Waals surface area contributed by atoms with Gasteiger partial charge in [-0.25, -0.2) is 0 Å². The maximum atomic E-state index is 12.1. The van der Waals surface area contributed by atoms with E-state index in [1.807, 2.05) is 0 Å². The van der Waals surface area contributed by atoms with E-state index in [0.717, 1.165) is 32.3 Å². The summed E-state index contributed by atoms with van der Waals surface area (Å²) in [5.41, 5.74) is 6.51. The molecule has 0 radical (unpaired) electrons. The summed E-state index contributed by atoms with van der Waals surface area (Å²) in [6.45, 7) is 1.40. The lowest BCUT2D eigenvalue weighted by Gasteiger charge is -2.47. The zero-order chi connectivity index (χ0) is 17.9. The fraction of sp³-hybridized carbons (Fsp3) is 0.588. The van der Waals surface area contributed by atoms with Gasteiger partial charge >= 0.3 is 6.36 Å². The first-order valence-corrected chi connectivity index (χ1v) is 8.40. The fourth-order valence-electron chi connectivity index (χ4n) is 3.36. The molecule has 1 aliphatic carbocycles. The zero-order valence-corrected chi connectivity index (χ0v) is 13.8. The molecule has 8 heteroatoms. The monoisotopic (exact) mass is 357 g/mol. The highest BCUT2D eigenvalue weighted by molar-refractivity contribution is 5.92. The molecule has 1 unspecified atom stereocenters. The summed E-state index contributed by atoms with van der Waals surface area (Å²) < 4.78 is 46.1. The largest absolute Gasteiger partial charge is 0.573 e. The number of nitrogens with one attached hydrogen (secondary N) is 1. The number of hydrogen-bond donors (Lipinski definition) is 2. The molecule has 0 amide bonds. The standard InChI is InChI=1S/C17H22F3N3O2/c18-17(19,20)25-14-4-2-13(3-5-14)23-15(21)22-11-12-6-9-24-16(10-12)7-1-8-16/h2-5,12H,1,6-11H2,(H3,21,22,23). The second kappa shape index (κ2) is 7.11. The molecule has 2 aliphatic rings. The van der Waals surface area contributed by atoms with Crippen LogP contribution >= 0.6 is 0 Å². The number of rotatable bonds is 4. The number of nitrogens with zero attached hydrogens (tertiary/aromatic N) is 1. The third-order valence-electron chi connectivity index (χ3n) is 4.74. The molecule has 0 aromatic heterocycles. The molecule has 3 N–H and O–H groups in total. The summed E-state index contributed by atoms with van der Waals surface area (Å²) in [5, 5.41) is 2.88. The summed E-state index contributed by atoms with van der Waals surface area (Å²) in [6, 6.07) is 5.37.